The SMILES string of the molecule is CC(C)(O)C#Cc1nc(Cl)n(Cc2ccc(C(F)(F)F)cc2)c1C(=O)NC[C@H]1CC[C@H](c2n[nH][nH]2)CC1. The Morgan fingerprint density at radius 1 is 1.22 bits per heavy atom. The lowest BCUT2D eigenvalue weighted by Gasteiger charge is -2.28. The molecule has 1 saturated carbocycles. The van der Waals surface area contributed by atoms with Crippen LogP contribution < -0.4 is 5.32 Å². The second kappa shape index (κ2) is 10.6. The number of nitrogens with zero attached hydrogens (tertiary/aromatic N) is 3. The summed E-state index contributed by atoms with van der Waals surface area (Å²) < 4.78 is 40.3. The van der Waals surface area contributed by atoms with Gasteiger partial charge in [-0.15, -0.1) is 5.10 Å². The normalized spacial score (nSPS) is 18.4. The average Bonchev–Trinajstić information content (AvgIpc) is 3.10. The summed E-state index contributed by atoms with van der Waals surface area (Å²) >= 11 is 6.35. The fourth-order valence-corrected chi connectivity index (χ4v) is 4.58. The summed E-state index contributed by atoms with van der Waals surface area (Å²) in [5, 5.41) is 22.7. The fourth-order valence-electron chi connectivity index (χ4n) is 4.36. The predicted molar refractivity (Wildman–Crippen MR) is 131 cm³/mol. The van der Waals surface area contributed by atoms with Crippen molar-refractivity contribution in [2.45, 2.75) is 63.8 Å². The molecule has 1 aliphatic carbocycles. The maximum absolute atomic E-state index is 13.3. The number of carbonyl (C=O) groups excluding carboxylic acids is 1. The Hall–Kier alpha value is -3.23. The Morgan fingerprint density at radius 2 is 1.86 bits per heavy atom. The second-order valence-corrected chi connectivity index (χ2v) is 10.2. The zero-order valence-electron chi connectivity index (χ0n) is 20.4. The molecule has 1 aliphatic rings. The molecule has 0 atom stereocenters. The van der Waals surface area contributed by atoms with Gasteiger partial charge in [-0.2, -0.15) is 13.2 Å². The molecule has 1 amide bonds. The van der Waals surface area contributed by atoms with E-state index in [1.165, 1.54) is 30.5 Å². The van der Waals surface area contributed by atoms with Gasteiger partial charge in [0, 0.05) is 12.5 Å². The van der Waals surface area contributed by atoms with Gasteiger partial charge in [-0.3, -0.25) is 9.89 Å². The lowest BCUT2D eigenvalue weighted by Crippen LogP contribution is -2.33. The van der Waals surface area contributed by atoms with Crippen LogP contribution in [0.1, 0.15) is 78.6 Å². The van der Waals surface area contributed by atoms with E-state index in [0.717, 1.165) is 43.6 Å². The van der Waals surface area contributed by atoms with E-state index in [1.807, 2.05) is 0 Å². The summed E-state index contributed by atoms with van der Waals surface area (Å²) in [7, 11) is 0. The van der Waals surface area contributed by atoms with Gasteiger partial charge in [0.15, 0.2) is 0 Å². The molecule has 2 heterocycles. The van der Waals surface area contributed by atoms with E-state index in [1.54, 1.807) is 0 Å². The molecule has 2 aromatic heterocycles. The van der Waals surface area contributed by atoms with Crippen LogP contribution in [0.15, 0.2) is 24.3 Å². The summed E-state index contributed by atoms with van der Waals surface area (Å²) in [6, 6.07) is 4.62. The first-order valence-electron chi connectivity index (χ1n) is 11.9. The van der Waals surface area contributed by atoms with Crippen LogP contribution in [0.5, 0.6) is 0 Å². The maximum Gasteiger partial charge on any atom is 0.416 e. The number of imidazole rings is 1. The van der Waals surface area contributed by atoms with Crippen molar-refractivity contribution < 1.29 is 23.1 Å². The first-order valence-corrected chi connectivity index (χ1v) is 12.3. The van der Waals surface area contributed by atoms with Gasteiger partial charge in [0.25, 0.3) is 5.91 Å². The van der Waals surface area contributed by atoms with Gasteiger partial charge in [-0.05, 0) is 80.7 Å². The van der Waals surface area contributed by atoms with Crippen LogP contribution in [0.4, 0.5) is 13.2 Å². The molecule has 0 radical (unpaired) electrons. The molecule has 0 aliphatic heterocycles. The van der Waals surface area contributed by atoms with Crippen LogP contribution in [0, 0.1) is 17.8 Å². The third-order valence-corrected chi connectivity index (χ3v) is 6.68. The highest BCUT2D eigenvalue weighted by atomic mass is 35.5. The first-order chi connectivity index (χ1) is 17.4. The second-order valence-electron chi connectivity index (χ2n) is 9.83. The number of aromatic amines is 2. The van der Waals surface area contributed by atoms with Crippen LogP contribution in [-0.4, -0.2) is 48.1 Å². The first kappa shape index (κ1) is 26.8. The van der Waals surface area contributed by atoms with E-state index >= 15 is 0 Å². The Kier molecular flexibility index (Phi) is 7.71. The fraction of sp³-hybridized carbons (Fsp3) is 0.480. The van der Waals surface area contributed by atoms with Crippen LogP contribution in [0.3, 0.4) is 0 Å². The molecular formula is C25H28ClF3N6O2. The van der Waals surface area contributed by atoms with Crippen molar-refractivity contribution in [1.82, 2.24) is 30.3 Å². The van der Waals surface area contributed by atoms with Crippen molar-refractivity contribution in [3.63, 3.8) is 0 Å². The van der Waals surface area contributed by atoms with E-state index in [-0.39, 0.29) is 23.2 Å². The lowest BCUT2D eigenvalue weighted by atomic mass is 9.81. The van der Waals surface area contributed by atoms with Crippen LogP contribution in [0.25, 0.3) is 0 Å². The van der Waals surface area contributed by atoms with Crippen LogP contribution in [-0.2, 0) is 12.7 Å². The highest BCUT2D eigenvalue weighted by Crippen LogP contribution is 2.34. The number of alkyl halides is 3. The van der Waals surface area contributed by atoms with E-state index in [2.05, 4.69) is 37.6 Å². The molecule has 8 nitrogen and oxygen atoms in total. The lowest BCUT2D eigenvalue weighted by molar-refractivity contribution is -0.137. The number of amides is 1. The van der Waals surface area contributed by atoms with Gasteiger partial charge >= 0.3 is 6.18 Å². The van der Waals surface area contributed by atoms with E-state index < -0.39 is 23.2 Å². The summed E-state index contributed by atoms with van der Waals surface area (Å²) in [4.78, 5) is 17.5. The Bertz CT molecular complexity index is 1270. The standard InChI is InChI=1S/C25H28ClF3N6O2/c1-24(2,37)12-11-19-20(22(36)30-13-15-3-7-17(8-4-15)21-32-34-33-21)35(23(26)31-19)14-16-5-9-18(10-6-16)25(27,28)29/h5-6,9-10,15,17,34,37H,3-4,7-8,13-14H2,1-2H3,(H,30,36)(H,32,33)/t15-,17-. The van der Waals surface area contributed by atoms with Crippen molar-refractivity contribution >= 4 is 17.5 Å². The molecular weight excluding hydrogens is 509 g/mol. The van der Waals surface area contributed by atoms with Gasteiger partial charge in [-0.1, -0.05) is 18.1 Å². The average molecular weight is 537 g/mol. The summed E-state index contributed by atoms with van der Waals surface area (Å²) in [6.45, 7) is 3.46. The molecule has 4 N–H and O–H groups in total. The minimum absolute atomic E-state index is 0.0190. The molecule has 37 heavy (non-hydrogen) atoms. The quantitative estimate of drug-likeness (QED) is 0.348. The van der Waals surface area contributed by atoms with Crippen molar-refractivity contribution in [2.24, 2.45) is 5.92 Å². The molecule has 1 fully saturated rings. The number of hydrogen-bond acceptors (Lipinski definition) is 4. The zero-order valence-corrected chi connectivity index (χ0v) is 21.2. The van der Waals surface area contributed by atoms with Crippen LogP contribution in [0.2, 0.25) is 5.28 Å². The maximum atomic E-state index is 13.3. The molecule has 3 aromatic rings. The number of halogens is 4. The van der Waals surface area contributed by atoms with Gasteiger partial charge in [0.1, 0.15) is 22.8 Å². The molecule has 0 bridgehead atoms. The van der Waals surface area contributed by atoms with Crippen LogP contribution >= 0.6 is 11.6 Å². The molecule has 0 saturated heterocycles. The van der Waals surface area contributed by atoms with E-state index in [9.17, 15) is 23.1 Å². The summed E-state index contributed by atoms with van der Waals surface area (Å²) in [6.07, 6.45) is -0.652. The van der Waals surface area contributed by atoms with Crippen molar-refractivity contribution in [3.8, 4) is 11.8 Å². The van der Waals surface area contributed by atoms with Crippen molar-refractivity contribution in [3.05, 3.63) is 57.9 Å². The largest absolute Gasteiger partial charge is 0.416 e. The molecule has 198 valence electrons. The molecule has 0 spiro atoms. The van der Waals surface area contributed by atoms with Gasteiger partial charge in [0.2, 0.25) is 5.28 Å². The van der Waals surface area contributed by atoms with Gasteiger partial charge < -0.3 is 15.0 Å². The minimum atomic E-state index is -4.45. The molecule has 0 unspecified atom stereocenters. The monoisotopic (exact) mass is 536 g/mol. The summed E-state index contributed by atoms with van der Waals surface area (Å²) in [5.41, 5.74) is -1.42. The number of benzene rings is 1. The summed E-state index contributed by atoms with van der Waals surface area (Å²) in [5.74, 6) is 6.58. The van der Waals surface area contributed by atoms with Gasteiger partial charge in [0.05, 0.1) is 12.1 Å². The van der Waals surface area contributed by atoms with E-state index in [0.29, 0.717) is 23.9 Å². The highest BCUT2D eigenvalue weighted by molar-refractivity contribution is 6.29. The number of carbonyl (C=O) groups is 1. The van der Waals surface area contributed by atoms with E-state index in [4.69, 9.17) is 11.6 Å². The zero-order chi connectivity index (χ0) is 26.8. The Labute approximate surface area is 217 Å². The van der Waals surface area contributed by atoms with Crippen molar-refractivity contribution in [2.75, 3.05) is 6.54 Å². The Morgan fingerprint density at radius 3 is 2.41 bits per heavy atom. The van der Waals surface area contributed by atoms with Crippen molar-refractivity contribution in [1.29, 1.82) is 0 Å². The number of rotatable bonds is 6. The molecule has 1 aromatic carbocycles. The molecule has 12 heteroatoms. The topological polar surface area (TPSA) is 112 Å². The third-order valence-electron chi connectivity index (χ3n) is 6.39. The number of aromatic nitrogens is 5. The smallest absolute Gasteiger partial charge is 0.378 e. The number of aliphatic hydroxyl groups is 1. The third kappa shape index (κ3) is 6.76. The minimum Gasteiger partial charge on any atom is -0.378 e. The number of H-pyrrole nitrogens is 2. The predicted octanol–water partition coefficient (Wildman–Crippen LogP) is 4.48. The highest BCUT2D eigenvalue weighted by Gasteiger charge is 2.30. The van der Waals surface area contributed by atoms with Gasteiger partial charge in [-0.25, -0.2) is 10.2 Å². The molecule has 4 rings (SSSR count). The Balaban J connectivity index is 1.52. The number of nitrogens with one attached hydrogen (secondary N) is 3. The number of hydrogen-bond donors (Lipinski definition) is 4.